The molecule has 0 aromatic heterocycles. The molecule has 1 aliphatic heterocycles. The Kier molecular flexibility index (Phi) is 4.37. The van der Waals surface area contributed by atoms with Gasteiger partial charge in [0.05, 0.1) is 11.4 Å². The van der Waals surface area contributed by atoms with Crippen LogP contribution in [0.2, 0.25) is 0 Å². The second kappa shape index (κ2) is 5.02. The van der Waals surface area contributed by atoms with Crippen molar-refractivity contribution in [3.05, 3.63) is 0 Å². The van der Waals surface area contributed by atoms with Crippen molar-refractivity contribution in [2.45, 2.75) is 37.5 Å². The van der Waals surface area contributed by atoms with Crippen LogP contribution in [0.15, 0.2) is 0 Å². The first-order valence-corrected chi connectivity index (χ1v) is 7.64. The molecule has 16 heavy (non-hydrogen) atoms. The van der Waals surface area contributed by atoms with E-state index in [9.17, 15) is 8.42 Å². The van der Waals surface area contributed by atoms with Crippen molar-refractivity contribution >= 4 is 9.84 Å². The van der Waals surface area contributed by atoms with Crippen molar-refractivity contribution in [2.75, 3.05) is 26.5 Å². The largest absolute Gasteiger partial charge is 0.381 e. The third-order valence-corrected chi connectivity index (χ3v) is 5.85. The first-order valence-electron chi connectivity index (χ1n) is 5.75. The van der Waals surface area contributed by atoms with Crippen molar-refractivity contribution in [2.24, 2.45) is 5.92 Å². The average molecular weight is 249 g/mol. The molecule has 1 N–H and O–H groups in total. The summed E-state index contributed by atoms with van der Waals surface area (Å²) < 4.78 is 28.3. The summed E-state index contributed by atoms with van der Waals surface area (Å²) in [7, 11) is -1.26. The van der Waals surface area contributed by atoms with E-state index in [2.05, 4.69) is 5.32 Å². The fourth-order valence-electron chi connectivity index (χ4n) is 2.41. The Bertz CT molecular complexity index is 318. The maximum atomic E-state index is 11.8. The highest BCUT2D eigenvalue weighted by Crippen LogP contribution is 2.29. The van der Waals surface area contributed by atoms with Gasteiger partial charge in [-0.05, 0) is 39.7 Å². The number of sulfone groups is 1. The predicted molar refractivity (Wildman–Crippen MR) is 65.3 cm³/mol. The highest BCUT2D eigenvalue weighted by Gasteiger charge is 2.42. The Labute approximate surface area is 98.7 Å². The second-order valence-electron chi connectivity index (χ2n) is 5.12. The number of hydrogen-bond donors (Lipinski definition) is 1. The van der Waals surface area contributed by atoms with E-state index in [-0.39, 0.29) is 12.0 Å². The summed E-state index contributed by atoms with van der Waals surface area (Å²) in [6, 6.07) is -0.0530. The second-order valence-corrected chi connectivity index (χ2v) is 7.72. The molecule has 5 heteroatoms. The lowest BCUT2D eigenvalue weighted by molar-refractivity contribution is 0.0352. The monoisotopic (exact) mass is 249 g/mol. The van der Waals surface area contributed by atoms with Crippen LogP contribution in [-0.4, -0.2) is 45.7 Å². The van der Waals surface area contributed by atoms with Gasteiger partial charge in [-0.3, -0.25) is 0 Å². The molecule has 1 fully saturated rings. The minimum absolute atomic E-state index is 0.0530. The summed E-state index contributed by atoms with van der Waals surface area (Å²) in [6.07, 6.45) is 3.36. The zero-order chi connectivity index (χ0) is 12.4. The van der Waals surface area contributed by atoms with Gasteiger partial charge in [0.1, 0.15) is 0 Å². The summed E-state index contributed by atoms with van der Waals surface area (Å²) in [5.41, 5.74) is 0. The first kappa shape index (κ1) is 13.9. The number of nitrogens with one attached hydrogen (secondary N) is 1. The van der Waals surface area contributed by atoms with Gasteiger partial charge < -0.3 is 10.1 Å². The topological polar surface area (TPSA) is 55.4 Å². The average Bonchev–Trinajstić information content (AvgIpc) is 2.18. The highest BCUT2D eigenvalue weighted by molar-refractivity contribution is 7.92. The smallest absolute Gasteiger partial charge is 0.154 e. The molecule has 0 amide bonds. The number of rotatable bonds is 4. The van der Waals surface area contributed by atoms with Crippen molar-refractivity contribution in [3.63, 3.8) is 0 Å². The standard InChI is InChI=1S/C11H23NO3S/c1-11(2,16(4,13)14)10(12-3)9-6-5-7-15-8-9/h9-10,12H,5-8H2,1-4H3. The van der Waals surface area contributed by atoms with E-state index in [1.807, 2.05) is 7.05 Å². The van der Waals surface area contributed by atoms with Crippen LogP contribution >= 0.6 is 0 Å². The molecule has 0 saturated carbocycles. The van der Waals surface area contributed by atoms with Gasteiger partial charge in [-0.25, -0.2) is 8.42 Å². The summed E-state index contributed by atoms with van der Waals surface area (Å²) >= 11 is 0. The Morgan fingerprint density at radius 3 is 2.44 bits per heavy atom. The van der Waals surface area contributed by atoms with Gasteiger partial charge >= 0.3 is 0 Å². The molecule has 0 aromatic rings. The molecule has 2 unspecified atom stereocenters. The lowest BCUT2D eigenvalue weighted by atomic mass is 9.86. The van der Waals surface area contributed by atoms with Crippen molar-refractivity contribution in [3.8, 4) is 0 Å². The minimum Gasteiger partial charge on any atom is -0.381 e. The van der Waals surface area contributed by atoms with Crippen LogP contribution in [0.5, 0.6) is 0 Å². The summed E-state index contributed by atoms with van der Waals surface area (Å²) in [5.74, 6) is 0.281. The number of ether oxygens (including phenoxy) is 1. The Hall–Kier alpha value is -0.130. The Morgan fingerprint density at radius 1 is 1.44 bits per heavy atom. The van der Waals surface area contributed by atoms with E-state index in [0.29, 0.717) is 6.61 Å². The predicted octanol–water partition coefficient (Wildman–Crippen LogP) is 0.824. The molecule has 0 aliphatic carbocycles. The molecule has 0 bridgehead atoms. The maximum Gasteiger partial charge on any atom is 0.154 e. The SMILES string of the molecule is CNC(C1CCCOC1)C(C)(C)S(C)(=O)=O. The summed E-state index contributed by atoms with van der Waals surface area (Å²) in [4.78, 5) is 0. The lowest BCUT2D eigenvalue weighted by Crippen LogP contribution is -2.55. The van der Waals surface area contributed by atoms with E-state index < -0.39 is 14.6 Å². The van der Waals surface area contributed by atoms with Gasteiger partial charge in [-0.2, -0.15) is 0 Å². The third-order valence-electron chi connectivity index (χ3n) is 3.68. The van der Waals surface area contributed by atoms with Crippen LogP contribution in [0.1, 0.15) is 26.7 Å². The normalized spacial score (nSPS) is 25.4. The zero-order valence-corrected chi connectivity index (χ0v) is 11.4. The molecular weight excluding hydrogens is 226 g/mol. The van der Waals surface area contributed by atoms with Crippen LogP contribution in [0.3, 0.4) is 0 Å². The zero-order valence-electron chi connectivity index (χ0n) is 10.6. The van der Waals surface area contributed by atoms with Crippen LogP contribution < -0.4 is 5.32 Å². The third kappa shape index (κ3) is 2.76. The molecule has 1 rings (SSSR count). The van der Waals surface area contributed by atoms with E-state index in [4.69, 9.17) is 4.74 Å². The van der Waals surface area contributed by atoms with E-state index in [1.165, 1.54) is 6.26 Å². The summed E-state index contributed by atoms with van der Waals surface area (Å²) in [6.45, 7) is 5.03. The maximum absolute atomic E-state index is 11.8. The molecule has 0 aromatic carbocycles. The summed E-state index contributed by atoms with van der Waals surface area (Å²) in [5, 5.41) is 3.16. The van der Waals surface area contributed by atoms with Crippen LogP contribution in [0, 0.1) is 5.92 Å². The van der Waals surface area contributed by atoms with Gasteiger partial charge in [0.25, 0.3) is 0 Å². The Balaban J connectivity index is 2.88. The molecule has 0 radical (unpaired) electrons. The minimum atomic E-state index is -3.08. The molecule has 1 heterocycles. The molecule has 2 atom stereocenters. The van der Waals surface area contributed by atoms with Crippen LogP contribution in [0.4, 0.5) is 0 Å². The highest BCUT2D eigenvalue weighted by atomic mass is 32.2. The molecule has 4 nitrogen and oxygen atoms in total. The van der Waals surface area contributed by atoms with Crippen LogP contribution in [0.25, 0.3) is 0 Å². The van der Waals surface area contributed by atoms with Crippen molar-refractivity contribution in [1.82, 2.24) is 5.32 Å². The van der Waals surface area contributed by atoms with Crippen molar-refractivity contribution in [1.29, 1.82) is 0 Å². The molecule has 96 valence electrons. The van der Waals surface area contributed by atoms with E-state index in [1.54, 1.807) is 13.8 Å². The van der Waals surface area contributed by atoms with Gasteiger partial charge in [0, 0.05) is 18.9 Å². The lowest BCUT2D eigenvalue weighted by Gasteiger charge is -2.39. The van der Waals surface area contributed by atoms with E-state index >= 15 is 0 Å². The van der Waals surface area contributed by atoms with Gasteiger partial charge in [-0.15, -0.1) is 0 Å². The molecule has 0 spiro atoms. The van der Waals surface area contributed by atoms with Gasteiger partial charge in [-0.1, -0.05) is 0 Å². The van der Waals surface area contributed by atoms with Gasteiger partial charge in [0.2, 0.25) is 0 Å². The Morgan fingerprint density at radius 2 is 2.06 bits per heavy atom. The number of hydrogen-bond acceptors (Lipinski definition) is 4. The van der Waals surface area contributed by atoms with Gasteiger partial charge in [0.15, 0.2) is 9.84 Å². The van der Waals surface area contributed by atoms with Crippen LogP contribution in [-0.2, 0) is 14.6 Å². The quantitative estimate of drug-likeness (QED) is 0.801. The molecule has 1 saturated heterocycles. The fourth-order valence-corrected chi connectivity index (χ4v) is 3.18. The van der Waals surface area contributed by atoms with Crippen molar-refractivity contribution < 1.29 is 13.2 Å². The first-order chi connectivity index (χ1) is 7.30. The van der Waals surface area contributed by atoms with E-state index in [0.717, 1.165) is 19.4 Å². The molecular formula is C11H23NO3S. The molecule has 1 aliphatic rings. The fraction of sp³-hybridized carbons (Fsp3) is 1.00.